The molecular weight excluding hydrogens is 264 g/mol. The van der Waals surface area contributed by atoms with Crippen LogP contribution < -0.4 is 5.32 Å². The molecule has 1 aliphatic rings. The van der Waals surface area contributed by atoms with Crippen LogP contribution in [-0.4, -0.2) is 42.1 Å². The molecule has 20 heavy (non-hydrogen) atoms. The highest BCUT2D eigenvalue weighted by Gasteiger charge is 2.20. The van der Waals surface area contributed by atoms with Crippen LogP contribution in [0.2, 0.25) is 0 Å². The van der Waals surface area contributed by atoms with Gasteiger partial charge in [-0.1, -0.05) is 36.8 Å². The summed E-state index contributed by atoms with van der Waals surface area (Å²) in [6.07, 6.45) is 1.20. The minimum absolute atomic E-state index is 0.488. The van der Waals surface area contributed by atoms with E-state index >= 15 is 0 Å². The third kappa shape index (κ3) is 4.51. The van der Waals surface area contributed by atoms with Crippen molar-refractivity contribution in [2.75, 3.05) is 31.1 Å². The third-order valence-corrected chi connectivity index (χ3v) is 5.33. The first kappa shape index (κ1) is 15.9. The summed E-state index contributed by atoms with van der Waals surface area (Å²) in [5.74, 6) is 2.58. The Labute approximate surface area is 128 Å². The highest BCUT2D eigenvalue weighted by Crippen LogP contribution is 2.21. The number of hydrogen-bond donors (Lipinski definition) is 1. The van der Waals surface area contributed by atoms with Gasteiger partial charge in [-0.2, -0.15) is 11.8 Å². The summed E-state index contributed by atoms with van der Waals surface area (Å²) in [7, 11) is 0. The van der Waals surface area contributed by atoms with Crippen molar-refractivity contribution in [3.05, 3.63) is 35.4 Å². The fraction of sp³-hybridized carbons (Fsp3) is 0.647. The van der Waals surface area contributed by atoms with E-state index in [9.17, 15) is 0 Å². The average molecular weight is 292 g/mol. The van der Waals surface area contributed by atoms with E-state index in [2.05, 4.69) is 67.0 Å². The van der Waals surface area contributed by atoms with Gasteiger partial charge in [-0.15, -0.1) is 0 Å². The fourth-order valence-electron chi connectivity index (χ4n) is 2.82. The predicted molar refractivity (Wildman–Crippen MR) is 90.6 cm³/mol. The quantitative estimate of drug-likeness (QED) is 0.864. The molecule has 3 heteroatoms. The molecule has 0 saturated carbocycles. The molecule has 2 atom stereocenters. The van der Waals surface area contributed by atoms with E-state index in [1.165, 1.54) is 42.1 Å². The molecule has 0 amide bonds. The van der Waals surface area contributed by atoms with Crippen molar-refractivity contribution in [1.29, 1.82) is 0 Å². The van der Waals surface area contributed by atoms with Crippen molar-refractivity contribution in [2.45, 2.75) is 39.3 Å². The summed E-state index contributed by atoms with van der Waals surface area (Å²) in [5, 5.41) is 3.64. The van der Waals surface area contributed by atoms with Gasteiger partial charge >= 0.3 is 0 Å². The van der Waals surface area contributed by atoms with Gasteiger partial charge < -0.3 is 5.32 Å². The lowest BCUT2D eigenvalue weighted by Crippen LogP contribution is -2.41. The van der Waals surface area contributed by atoms with Crippen LogP contribution in [0.15, 0.2) is 24.3 Å². The maximum absolute atomic E-state index is 3.64. The van der Waals surface area contributed by atoms with Crippen LogP contribution in [0, 0.1) is 6.92 Å². The van der Waals surface area contributed by atoms with Crippen molar-refractivity contribution in [3.8, 4) is 0 Å². The molecular formula is C17H28N2S. The molecule has 0 radical (unpaired) electrons. The van der Waals surface area contributed by atoms with Gasteiger partial charge in [0.2, 0.25) is 0 Å². The van der Waals surface area contributed by atoms with Gasteiger partial charge in [0, 0.05) is 36.7 Å². The Balaban J connectivity index is 1.93. The highest BCUT2D eigenvalue weighted by molar-refractivity contribution is 7.99. The largest absolute Gasteiger partial charge is 0.310 e. The number of thioether (sulfide) groups is 1. The molecule has 2 nitrogen and oxygen atoms in total. The molecule has 1 saturated heterocycles. The SMILES string of the molecule is CCNC(CCN1CCSCC1C)c1ccc(C)cc1. The predicted octanol–water partition coefficient (Wildman–Crippen LogP) is 3.47. The van der Waals surface area contributed by atoms with Gasteiger partial charge in [0.05, 0.1) is 0 Å². The zero-order chi connectivity index (χ0) is 14.4. The maximum atomic E-state index is 3.64. The molecule has 1 N–H and O–H groups in total. The molecule has 2 rings (SSSR count). The second-order valence-corrected chi connectivity index (χ2v) is 6.92. The van der Waals surface area contributed by atoms with E-state index in [4.69, 9.17) is 0 Å². The Morgan fingerprint density at radius 3 is 2.75 bits per heavy atom. The van der Waals surface area contributed by atoms with Crippen molar-refractivity contribution < 1.29 is 0 Å². The lowest BCUT2D eigenvalue weighted by molar-refractivity contribution is 0.219. The monoisotopic (exact) mass is 292 g/mol. The number of rotatable bonds is 6. The zero-order valence-corrected chi connectivity index (χ0v) is 13.9. The van der Waals surface area contributed by atoms with Crippen LogP contribution in [0.4, 0.5) is 0 Å². The van der Waals surface area contributed by atoms with Crippen LogP contribution in [0.3, 0.4) is 0 Å². The first-order valence-electron chi connectivity index (χ1n) is 7.82. The van der Waals surface area contributed by atoms with Gasteiger partial charge in [-0.3, -0.25) is 4.90 Å². The topological polar surface area (TPSA) is 15.3 Å². The minimum Gasteiger partial charge on any atom is -0.310 e. The van der Waals surface area contributed by atoms with E-state index < -0.39 is 0 Å². The summed E-state index contributed by atoms with van der Waals surface area (Å²) in [6, 6.07) is 10.2. The lowest BCUT2D eigenvalue weighted by Gasteiger charge is -2.34. The molecule has 0 aliphatic carbocycles. The van der Waals surface area contributed by atoms with Crippen LogP contribution in [-0.2, 0) is 0 Å². The zero-order valence-electron chi connectivity index (χ0n) is 13.1. The summed E-state index contributed by atoms with van der Waals surface area (Å²) in [4.78, 5) is 2.65. The number of nitrogens with zero attached hydrogens (tertiary/aromatic N) is 1. The normalized spacial score (nSPS) is 21.9. The molecule has 0 bridgehead atoms. The van der Waals surface area contributed by atoms with Gasteiger partial charge in [-0.25, -0.2) is 0 Å². The van der Waals surface area contributed by atoms with Gasteiger partial charge in [-0.05, 0) is 32.4 Å². The summed E-state index contributed by atoms with van der Waals surface area (Å²) in [5.41, 5.74) is 2.77. The number of nitrogens with one attached hydrogen (secondary N) is 1. The molecule has 112 valence electrons. The smallest absolute Gasteiger partial charge is 0.0332 e. The first-order valence-corrected chi connectivity index (χ1v) is 8.98. The second-order valence-electron chi connectivity index (χ2n) is 5.77. The van der Waals surface area contributed by atoms with Gasteiger partial charge in [0.1, 0.15) is 0 Å². The number of hydrogen-bond acceptors (Lipinski definition) is 3. The van der Waals surface area contributed by atoms with Gasteiger partial charge in [0.15, 0.2) is 0 Å². The van der Waals surface area contributed by atoms with Crippen LogP contribution >= 0.6 is 11.8 Å². The lowest BCUT2D eigenvalue weighted by atomic mass is 10.0. The van der Waals surface area contributed by atoms with Crippen molar-refractivity contribution in [3.63, 3.8) is 0 Å². The van der Waals surface area contributed by atoms with E-state index in [1.807, 2.05) is 0 Å². The molecule has 1 heterocycles. The second kappa shape index (κ2) is 8.06. The first-order chi connectivity index (χ1) is 9.70. The minimum atomic E-state index is 0.488. The highest BCUT2D eigenvalue weighted by atomic mass is 32.2. The molecule has 2 unspecified atom stereocenters. The molecule has 1 aromatic rings. The molecule has 1 aliphatic heterocycles. The Bertz CT molecular complexity index is 390. The maximum Gasteiger partial charge on any atom is 0.0332 e. The number of benzene rings is 1. The third-order valence-electron chi connectivity index (χ3n) is 4.14. The van der Waals surface area contributed by atoms with E-state index in [0.717, 1.165) is 12.6 Å². The summed E-state index contributed by atoms with van der Waals surface area (Å²) >= 11 is 2.09. The molecule has 0 spiro atoms. The van der Waals surface area contributed by atoms with Crippen LogP contribution in [0.25, 0.3) is 0 Å². The Hall–Kier alpha value is -0.510. The molecule has 1 fully saturated rings. The van der Waals surface area contributed by atoms with E-state index in [-0.39, 0.29) is 0 Å². The Morgan fingerprint density at radius 1 is 1.35 bits per heavy atom. The molecule has 1 aromatic carbocycles. The van der Waals surface area contributed by atoms with E-state index in [1.54, 1.807) is 0 Å². The molecule has 0 aromatic heterocycles. The average Bonchev–Trinajstić information content (AvgIpc) is 2.46. The fourth-order valence-corrected chi connectivity index (χ4v) is 3.90. The van der Waals surface area contributed by atoms with Crippen LogP contribution in [0.1, 0.15) is 37.4 Å². The number of aryl methyl sites for hydroxylation is 1. The van der Waals surface area contributed by atoms with Gasteiger partial charge in [0.25, 0.3) is 0 Å². The van der Waals surface area contributed by atoms with Crippen molar-refractivity contribution in [2.24, 2.45) is 0 Å². The Kier molecular flexibility index (Phi) is 6.40. The Morgan fingerprint density at radius 2 is 2.10 bits per heavy atom. The van der Waals surface area contributed by atoms with Crippen LogP contribution in [0.5, 0.6) is 0 Å². The van der Waals surface area contributed by atoms with Crippen molar-refractivity contribution >= 4 is 11.8 Å². The van der Waals surface area contributed by atoms with Crippen molar-refractivity contribution in [1.82, 2.24) is 10.2 Å². The standard InChI is InChI=1S/C17H28N2S/c1-4-18-17(16-7-5-14(2)6-8-16)9-10-19-11-12-20-13-15(19)3/h5-8,15,17-18H,4,9-13H2,1-3H3. The summed E-state index contributed by atoms with van der Waals surface area (Å²) in [6.45, 7) is 10.2. The summed E-state index contributed by atoms with van der Waals surface area (Å²) < 4.78 is 0. The van der Waals surface area contributed by atoms with E-state index in [0.29, 0.717) is 6.04 Å².